The number of benzene rings is 2. The van der Waals surface area contributed by atoms with E-state index < -0.39 is 5.82 Å². The van der Waals surface area contributed by atoms with Gasteiger partial charge in [-0.05, 0) is 29.8 Å². The lowest BCUT2D eigenvalue weighted by Gasteiger charge is -2.07. The molecule has 96 valence electrons. The quantitative estimate of drug-likeness (QED) is 0.830. The van der Waals surface area contributed by atoms with Crippen molar-refractivity contribution < 1.29 is 9.13 Å². The van der Waals surface area contributed by atoms with E-state index in [9.17, 15) is 4.39 Å². The highest BCUT2D eigenvalue weighted by molar-refractivity contribution is 6.31. The van der Waals surface area contributed by atoms with Crippen LogP contribution in [-0.4, -0.2) is 0 Å². The van der Waals surface area contributed by atoms with Crippen molar-refractivity contribution in [2.45, 2.75) is 6.61 Å². The zero-order chi connectivity index (χ0) is 13.8. The third-order valence-corrected chi connectivity index (χ3v) is 3.05. The molecule has 0 unspecified atom stereocenters. The summed E-state index contributed by atoms with van der Waals surface area (Å²) in [4.78, 5) is 0. The molecule has 2 aromatic rings. The van der Waals surface area contributed by atoms with Gasteiger partial charge in [0.05, 0.1) is 15.6 Å². The molecule has 0 fully saturated rings. The molecule has 0 heterocycles. The van der Waals surface area contributed by atoms with Gasteiger partial charge in [-0.15, -0.1) is 0 Å². The molecule has 5 heteroatoms. The Kier molecular flexibility index (Phi) is 4.26. The average molecular weight is 296 g/mol. The van der Waals surface area contributed by atoms with Crippen LogP contribution in [0, 0.1) is 17.1 Å². The molecule has 0 aliphatic heterocycles. The number of nitriles is 1. The van der Waals surface area contributed by atoms with Gasteiger partial charge in [0.15, 0.2) is 0 Å². The Morgan fingerprint density at radius 1 is 1.11 bits per heavy atom. The number of hydrogen-bond donors (Lipinski definition) is 0. The van der Waals surface area contributed by atoms with Crippen molar-refractivity contribution in [3.05, 3.63) is 63.4 Å². The fourth-order valence-electron chi connectivity index (χ4n) is 1.47. The third-order valence-electron chi connectivity index (χ3n) is 2.45. The van der Waals surface area contributed by atoms with Crippen molar-refractivity contribution in [2.24, 2.45) is 0 Å². The zero-order valence-corrected chi connectivity index (χ0v) is 11.2. The summed E-state index contributed by atoms with van der Waals surface area (Å²) in [6.45, 7) is 0.238. The van der Waals surface area contributed by atoms with Gasteiger partial charge in [-0.2, -0.15) is 5.26 Å². The Morgan fingerprint density at radius 3 is 2.53 bits per heavy atom. The highest BCUT2D eigenvalue weighted by Gasteiger charge is 2.04. The summed E-state index contributed by atoms with van der Waals surface area (Å²) in [7, 11) is 0. The molecule has 0 amide bonds. The molecular weight excluding hydrogens is 288 g/mol. The number of halogens is 3. The lowest BCUT2D eigenvalue weighted by Crippen LogP contribution is -1.96. The van der Waals surface area contributed by atoms with E-state index in [1.165, 1.54) is 12.1 Å². The highest BCUT2D eigenvalue weighted by atomic mass is 35.5. The standard InChI is InChI=1S/C14H8Cl2FNO/c15-12-6-11(3-2-10(12)7-18)19-8-9-1-4-14(17)13(16)5-9/h1-6H,8H2. The summed E-state index contributed by atoms with van der Waals surface area (Å²) in [5, 5.41) is 9.13. The van der Waals surface area contributed by atoms with Gasteiger partial charge < -0.3 is 4.74 Å². The van der Waals surface area contributed by atoms with Gasteiger partial charge in [0.1, 0.15) is 24.2 Å². The fourth-order valence-corrected chi connectivity index (χ4v) is 1.89. The first-order chi connectivity index (χ1) is 9.10. The van der Waals surface area contributed by atoms with Crippen LogP contribution in [-0.2, 0) is 6.61 Å². The second-order valence-electron chi connectivity index (χ2n) is 3.79. The van der Waals surface area contributed by atoms with Gasteiger partial charge >= 0.3 is 0 Å². The number of nitrogens with zero attached hydrogens (tertiary/aromatic N) is 1. The molecule has 0 N–H and O–H groups in total. The summed E-state index contributed by atoms with van der Waals surface area (Å²) in [6.07, 6.45) is 0. The molecule has 19 heavy (non-hydrogen) atoms. The molecule has 0 aliphatic rings. The maximum absolute atomic E-state index is 13.0. The summed E-state index contributed by atoms with van der Waals surface area (Å²) >= 11 is 11.6. The predicted molar refractivity (Wildman–Crippen MR) is 71.9 cm³/mol. The van der Waals surface area contributed by atoms with Gasteiger partial charge in [0.2, 0.25) is 0 Å². The van der Waals surface area contributed by atoms with Crippen LogP contribution < -0.4 is 4.74 Å². The zero-order valence-electron chi connectivity index (χ0n) is 9.66. The molecule has 2 nitrogen and oxygen atoms in total. The maximum atomic E-state index is 13.0. The van der Waals surface area contributed by atoms with E-state index in [0.29, 0.717) is 16.3 Å². The van der Waals surface area contributed by atoms with Crippen LogP contribution in [0.3, 0.4) is 0 Å². The van der Waals surface area contributed by atoms with Crippen LogP contribution in [0.1, 0.15) is 11.1 Å². The minimum Gasteiger partial charge on any atom is -0.489 e. The highest BCUT2D eigenvalue weighted by Crippen LogP contribution is 2.23. The molecule has 0 bridgehead atoms. The van der Waals surface area contributed by atoms with Crippen molar-refractivity contribution >= 4 is 23.2 Å². The molecule has 2 aromatic carbocycles. The Labute approximate surface area is 119 Å². The summed E-state index contributed by atoms with van der Waals surface area (Å²) in [5.41, 5.74) is 1.13. The van der Waals surface area contributed by atoms with Crippen molar-refractivity contribution in [1.82, 2.24) is 0 Å². The number of hydrogen-bond acceptors (Lipinski definition) is 2. The van der Waals surface area contributed by atoms with Crippen molar-refractivity contribution in [3.8, 4) is 11.8 Å². The lowest BCUT2D eigenvalue weighted by atomic mass is 10.2. The lowest BCUT2D eigenvalue weighted by molar-refractivity contribution is 0.306. The van der Waals surface area contributed by atoms with Gasteiger partial charge in [-0.3, -0.25) is 0 Å². The first-order valence-corrected chi connectivity index (χ1v) is 6.12. The normalized spacial score (nSPS) is 10.0. The summed E-state index contributed by atoms with van der Waals surface area (Å²) in [5.74, 6) is 0.0660. The van der Waals surface area contributed by atoms with E-state index in [-0.39, 0.29) is 11.6 Å². The Balaban J connectivity index is 2.08. The monoisotopic (exact) mass is 295 g/mol. The third kappa shape index (κ3) is 3.37. The average Bonchev–Trinajstić information content (AvgIpc) is 2.40. The van der Waals surface area contributed by atoms with Crippen LogP contribution in [0.2, 0.25) is 10.0 Å². The Morgan fingerprint density at radius 2 is 1.89 bits per heavy atom. The second-order valence-corrected chi connectivity index (χ2v) is 4.60. The van der Waals surface area contributed by atoms with E-state index in [0.717, 1.165) is 5.56 Å². The molecule has 0 aromatic heterocycles. The largest absolute Gasteiger partial charge is 0.489 e. The first kappa shape index (κ1) is 13.7. The minimum atomic E-state index is -0.466. The molecule has 0 aliphatic carbocycles. The molecule has 2 rings (SSSR count). The van der Waals surface area contributed by atoms with Gasteiger partial charge in [-0.25, -0.2) is 4.39 Å². The van der Waals surface area contributed by atoms with E-state index in [2.05, 4.69) is 0 Å². The van der Waals surface area contributed by atoms with E-state index in [1.807, 2.05) is 6.07 Å². The van der Waals surface area contributed by atoms with Crippen LogP contribution in [0.5, 0.6) is 5.75 Å². The summed E-state index contributed by atoms with van der Waals surface area (Å²) < 4.78 is 18.5. The molecule has 0 saturated heterocycles. The first-order valence-electron chi connectivity index (χ1n) is 5.36. The topological polar surface area (TPSA) is 33.0 Å². The number of rotatable bonds is 3. The smallest absolute Gasteiger partial charge is 0.141 e. The van der Waals surface area contributed by atoms with Gasteiger partial charge in [-0.1, -0.05) is 29.3 Å². The SMILES string of the molecule is N#Cc1ccc(OCc2ccc(F)c(Cl)c2)cc1Cl. The molecule has 0 radical (unpaired) electrons. The predicted octanol–water partition coefficient (Wildman–Crippen LogP) is 4.58. The fraction of sp³-hybridized carbons (Fsp3) is 0.0714. The Bertz CT molecular complexity index is 652. The van der Waals surface area contributed by atoms with Crippen LogP contribution in [0.4, 0.5) is 4.39 Å². The molecule has 0 atom stereocenters. The van der Waals surface area contributed by atoms with E-state index >= 15 is 0 Å². The minimum absolute atomic E-state index is 0.0546. The van der Waals surface area contributed by atoms with Crippen LogP contribution in [0.15, 0.2) is 36.4 Å². The van der Waals surface area contributed by atoms with Crippen molar-refractivity contribution in [3.63, 3.8) is 0 Å². The van der Waals surface area contributed by atoms with Crippen molar-refractivity contribution in [2.75, 3.05) is 0 Å². The van der Waals surface area contributed by atoms with E-state index in [1.54, 1.807) is 24.3 Å². The maximum Gasteiger partial charge on any atom is 0.141 e. The van der Waals surface area contributed by atoms with Gasteiger partial charge in [0.25, 0.3) is 0 Å². The molecule has 0 spiro atoms. The number of ether oxygens (including phenoxy) is 1. The molecule has 0 saturated carbocycles. The van der Waals surface area contributed by atoms with Crippen LogP contribution >= 0.6 is 23.2 Å². The van der Waals surface area contributed by atoms with Crippen LogP contribution in [0.25, 0.3) is 0 Å². The molecular formula is C14H8Cl2FNO. The van der Waals surface area contributed by atoms with E-state index in [4.69, 9.17) is 33.2 Å². The van der Waals surface area contributed by atoms with Crippen molar-refractivity contribution in [1.29, 1.82) is 5.26 Å². The summed E-state index contributed by atoms with van der Waals surface area (Å²) in [6, 6.07) is 11.1. The Hall–Kier alpha value is -1.76. The second kappa shape index (κ2) is 5.92. The van der Waals surface area contributed by atoms with Gasteiger partial charge in [0, 0.05) is 6.07 Å².